The minimum Gasteiger partial charge on any atom is -0.494 e. The van der Waals surface area contributed by atoms with E-state index in [-0.39, 0.29) is 22.6 Å². The standard InChI is InChI=1S/C28H24F3N5O.2C2HF3O2/c1-3-15-11-20(25(31)23(12-15)37-2)26(35-17-7-8-18-16(13-17)9-10-33-27(18)32)28-34-14-22(36-28)19-5-4-6-21(29)24(19)30;2*3-2(4,5)1(6)7/h4-14,26,35H,3H2,1-2H3,(H2,32,33)(H,34,36);2*(H,6,7). The van der Waals surface area contributed by atoms with Crippen LogP contribution < -0.4 is 15.8 Å². The molecule has 2 aromatic heterocycles. The molecular formula is C32H26F9N5O5. The van der Waals surface area contributed by atoms with Crippen molar-refractivity contribution in [1.82, 2.24) is 15.0 Å². The first-order valence-corrected chi connectivity index (χ1v) is 14.1. The molecule has 0 radical (unpaired) electrons. The van der Waals surface area contributed by atoms with Gasteiger partial charge in [-0.15, -0.1) is 0 Å². The number of fused-ring (bicyclic) bond motifs is 1. The summed E-state index contributed by atoms with van der Waals surface area (Å²) in [5.74, 6) is -7.23. The van der Waals surface area contributed by atoms with Crippen LogP contribution >= 0.6 is 0 Å². The van der Waals surface area contributed by atoms with Crippen molar-refractivity contribution in [2.75, 3.05) is 18.2 Å². The molecule has 0 aliphatic carbocycles. The van der Waals surface area contributed by atoms with Crippen LogP contribution in [-0.4, -0.2) is 56.6 Å². The molecule has 1 atom stereocenters. The number of nitrogens with two attached hydrogens (primary N) is 1. The molecule has 5 rings (SSSR count). The number of halogens is 9. The van der Waals surface area contributed by atoms with Gasteiger partial charge < -0.3 is 31.0 Å². The van der Waals surface area contributed by atoms with Crippen LogP contribution in [0.5, 0.6) is 5.75 Å². The van der Waals surface area contributed by atoms with Gasteiger partial charge >= 0.3 is 24.3 Å². The number of carbonyl (C=O) groups is 2. The number of carboxylic acid groups (broad SMARTS) is 2. The van der Waals surface area contributed by atoms with Crippen LogP contribution in [-0.2, 0) is 16.0 Å². The van der Waals surface area contributed by atoms with Gasteiger partial charge in [0.05, 0.1) is 19.0 Å². The number of nitrogens with zero attached hydrogens (tertiary/aromatic N) is 2. The van der Waals surface area contributed by atoms with E-state index < -0.39 is 47.8 Å². The lowest BCUT2D eigenvalue weighted by atomic mass is 9.99. The summed E-state index contributed by atoms with van der Waals surface area (Å²) in [6, 6.07) is 13.8. The summed E-state index contributed by atoms with van der Waals surface area (Å²) in [4.78, 5) is 29.4. The lowest BCUT2D eigenvalue weighted by Crippen LogP contribution is -2.21. The molecule has 0 aliphatic heterocycles. The molecule has 2 heterocycles. The first kappa shape index (κ1) is 39.4. The Morgan fingerprint density at radius 3 is 2.12 bits per heavy atom. The van der Waals surface area contributed by atoms with E-state index >= 15 is 4.39 Å². The Hall–Kier alpha value is -6.01. The van der Waals surface area contributed by atoms with Crippen LogP contribution in [0, 0.1) is 17.5 Å². The SMILES string of the molecule is CCc1cc(OC)c(F)c(C(Nc2ccc3c(N)nccc3c2)c2ncc(-c3cccc(F)c3F)[nH]2)c1.O=C(O)C(F)(F)F.O=C(O)C(F)(F)F. The number of nitrogen functional groups attached to an aromatic ring is 1. The fraction of sp³-hybridized carbons (Fsp3) is 0.188. The van der Waals surface area contributed by atoms with E-state index in [0.29, 0.717) is 23.8 Å². The molecule has 0 fully saturated rings. The number of aromatic nitrogens is 3. The third kappa shape index (κ3) is 10.0. The Labute approximate surface area is 281 Å². The zero-order chi connectivity index (χ0) is 38.3. The van der Waals surface area contributed by atoms with Crippen molar-refractivity contribution in [2.24, 2.45) is 0 Å². The number of rotatable bonds is 7. The number of benzene rings is 3. The Bertz CT molecular complexity index is 1990. The van der Waals surface area contributed by atoms with Gasteiger partial charge in [-0.3, -0.25) is 0 Å². The molecule has 0 aliphatic rings. The zero-order valence-corrected chi connectivity index (χ0v) is 26.1. The number of aromatic amines is 1. The van der Waals surface area contributed by atoms with Crippen molar-refractivity contribution in [3.05, 3.63) is 101 Å². The van der Waals surface area contributed by atoms with Gasteiger partial charge in [0, 0.05) is 28.4 Å². The third-order valence-electron chi connectivity index (χ3n) is 6.77. The summed E-state index contributed by atoms with van der Waals surface area (Å²) in [5, 5.41) is 19.2. The van der Waals surface area contributed by atoms with Gasteiger partial charge in [0.15, 0.2) is 23.2 Å². The first-order chi connectivity index (χ1) is 23.8. The molecule has 1 unspecified atom stereocenters. The minimum atomic E-state index is -5.08. The predicted molar refractivity (Wildman–Crippen MR) is 165 cm³/mol. The Balaban J connectivity index is 0.000000424. The molecule has 0 spiro atoms. The van der Waals surface area contributed by atoms with Gasteiger partial charge in [-0.25, -0.2) is 32.7 Å². The number of aryl methyl sites for hydroxylation is 1. The van der Waals surface area contributed by atoms with Crippen LogP contribution in [0.3, 0.4) is 0 Å². The monoisotopic (exact) mass is 731 g/mol. The largest absolute Gasteiger partial charge is 0.494 e. The van der Waals surface area contributed by atoms with E-state index in [4.69, 9.17) is 30.3 Å². The summed E-state index contributed by atoms with van der Waals surface area (Å²) < 4.78 is 113. The van der Waals surface area contributed by atoms with Crippen molar-refractivity contribution in [3.8, 4) is 17.0 Å². The number of aliphatic carboxylic acids is 2. The van der Waals surface area contributed by atoms with Crippen molar-refractivity contribution < 1.29 is 64.1 Å². The maximum Gasteiger partial charge on any atom is 0.490 e. The molecule has 0 amide bonds. The Morgan fingerprint density at radius 2 is 1.55 bits per heavy atom. The smallest absolute Gasteiger partial charge is 0.490 e. The fourth-order valence-electron chi connectivity index (χ4n) is 4.32. The number of imidazole rings is 1. The number of pyridine rings is 1. The Kier molecular flexibility index (Phi) is 12.5. The van der Waals surface area contributed by atoms with Crippen LogP contribution in [0.25, 0.3) is 22.0 Å². The lowest BCUT2D eigenvalue weighted by Gasteiger charge is -2.21. The second-order valence-corrected chi connectivity index (χ2v) is 10.2. The zero-order valence-electron chi connectivity index (χ0n) is 26.1. The van der Waals surface area contributed by atoms with Crippen LogP contribution in [0.1, 0.15) is 29.9 Å². The van der Waals surface area contributed by atoms with Gasteiger partial charge in [-0.05, 0) is 59.8 Å². The van der Waals surface area contributed by atoms with E-state index in [1.807, 2.05) is 31.2 Å². The number of hydrogen-bond donors (Lipinski definition) is 5. The van der Waals surface area contributed by atoms with Crippen LogP contribution in [0.4, 0.5) is 51.0 Å². The molecule has 0 bridgehead atoms. The quantitative estimate of drug-likeness (QED) is 0.106. The summed E-state index contributed by atoms with van der Waals surface area (Å²) in [6.45, 7) is 1.96. The normalized spacial score (nSPS) is 11.8. The highest BCUT2D eigenvalue weighted by atomic mass is 19.4. The maximum absolute atomic E-state index is 15.6. The highest BCUT2D eigenvalue weighted by Gasteiger charge is 2.39. The van der Waals surface area contributed by atoms with Gasteiger partial charge in [-0.2, -0.15) is 26.3 Å². The molecule has 3 aromatic carbocycles. The second kappa shape index (κ2) is 16.1. The molecule has 5 aromatic rings. The molecule has 0 saturated heterocycles. The Morgan fingerprint density at radius 1 is 0.922 bits per heavy atom. The van der Waals surface area contributed by atoms with Crippen LogP contribution in [0.15, 0.2) is 67.0 Å². The van der Waals surface area contributed by atoms with Gasteiger partial charge in [0.2, 0.25) is 0 Å². The summed E-state index contributed by atoms with van der Waals surface area (Å²) in [7, 11) is 1.41. The number of H-pyrrole nitrogens is 1. The van der Waals surface area contributed by atoms with Gasteiger partial charge in [-0.1, -0.05) is 19.1 Å². The summed E-state index contributed by atoms with van der Waals surface area (Å²) in [5.41, 5.74) is 8.08. The number of ether oxygens (including phenoxy) is 1. The molecule has 10 nitrogen and oxygen atoms in total. The van der Waals surface area contributed by atoms with Crippen molar-refractivity contribution >= 4 is 34.2 Å². The molecule has 0 saturated carbocycles. The first-order valence-electron chi connectivity index (χ1n) is 14.1. The fourth-order valence-corrected chi connectivity index (χ4v) is 4.32. The number of nitrogens with one attached hydrogen (secondary N) is 2. The molecule has 6 N–H and O–H groups in total. The molecule has 51 heavy (non-hydrogen) atoms. The molecule has 272 valence electrons. The number of alkyl halides is 6. The van der Waals surface area contributed by atoms with E-state index in [2.05, 4.69) is 20.3 Å². The lowest BCUT2D eigenvalue weighted by molar-refractivity contribution is -0.193. The highest BCUT2D eigenvalue weighted by molar-refractivity contribution is 5.93. The number of methoxy groups -OCH3 is 1. The van der Waals surface area contributed by atoms with Gasteiger partial charge in [0.1, 0.15) is 17.7 Å². The van der Waals surface area contributed by atoms with E-state index in [1.165, 1.54) is 25.4 Å². The summed E-state index contributed by atoms with van der Waals surface area (Å²) in [6.07, 6.45) is -6.51. The minimum absolute atomic E-state index is 0.0199. The van der Waals surface area contributed by atoms with Crippen molar-refractivity contribution in [3.63, 3.8) is 0 Å². The average Bonchev–Trinajstić information content (AvgIpc) is 3.55. The summed E-state index contributed by atoms with van der Waals surface area (Å²) >= 11 is 0. The van der Waals surface area contributed by atoms with Crippen molar-refractivity contribution in [1.29, 1.82) is 0 Å². The molecular weight excluding hydrogens is 705 g/mol. The topological polar surface area (TPSA) is 163 Å². The number of anilines is 2. The highest BCUT2D eigenvalue weighted by Crippen LogP contribution is 2.35. The predicted octanol–water partition coefficient (Wildman–Crippen LogP) is 7.66. The average molecular weight is 732 g/mol. The second-order valence-electron chi connectivity index (χ2n) is 10.2. The van der Waals surface area contributed by atoms with E-state index in [0.717, 1.165) is 22.4 Å². The molecule has 19 heteroatoms. The number of carboxylic acids is 2. The van der Waals surface area contributed by atoms with Gasteiger partial charge in [0.25, 0.3) is 0 Å². The van der Waals surface area contributed by atoms with Crippen molar-refractivity contribution in [2.45, 2.75) is 31.7 Å². The maximum atomic E-state index is 15.6. The van der Waals surface area contributed by atoms with E-state index in [9.17, 15) is 35.1 Å². The van der Waals surface area contributed by atoms with E-state index in [1.54, 1.807) is 18.3 Å². The number of hydrogen-bond acceptors (Lipinski definition) is 7. The van der Waals surface area contributed by atoms with Crippen LogP contribution in [0.2, 0.25) is 0 Å². The third-order valence-corrected chi connectivity index (χ3v) is 6.77.